The van der Waals surface area contributed by atoms with Crippen molar-refractivity contribution in [3.8, 4) is 0 Å². The lowest BCUT2D eigenvalue weighted by Crippen LogP contribution is -2.71. The van der Waals surface area contributed by atoms with Crippen molar-refractivity contribution in [1.82, 2.24) is 15.2 Å². The Bertz CT molecular complexity index is 893. The van der Waals surface area contributed by atoms with E-state index in [-0.39, 0.29) is 22.2 Å². The molecular formula is C15H15N5O5S2. The summed E-state index contributed by atoms with van der Waals surface area (Å²) >= 11 is 2.41. The number of nitrogens with one attached hydrogen (secondary N) is 1. The first kappa shape index (κ1) is 18.9. The first-order chi connectivity index (χ1) is 12.9. The number of rotatable bonds is 6. The minimum absolute atomic E-state index is 0.0718. The molecule has 0 radical (unpaired) electrons. The first-order valence-corrected chi connectivity index (χ1v) is 9.57. The Balaban J connectivity index is 1.78. The number of carboxylic acid groups (broad SMARTS) is 1. The number of carbonyl (C=O) groups excluding carboxylic acids is 2. The number of aliphatic carboxylic acids is 1. The molecule has 1 aromatic heterocycles. The summed E-state index contributed by atoms with van der Waals surface area (Å²) in [4.78, 5) is 41.5. The minimum Gasteiger partial charge on any atom is -0.477 e. The predicted molar refractivity (Wildman–Crippen MR) is 99.3 cm³/mol. The van der Waals surface area contributed by atoms with Gasteiger partial charge in [0, 0.05) is 11.1 Å². The Kier molecular flexibility index (Phi) is 5.19. The maximum atomic E-state index is 12.5. The van der Waals surface area contributed by atoms with Gasteiger partial charge in [-0.05, 0) is 12.0 Å². The van der Waals surface area contributed by atoms with Crippen LogP contribution in [-0.4, -0.2) is 60.9 Å². The second-order valence-corrected chi connectivity index (χ2v) is 7.63. The van der Waals surface area contributed by atoms with Crippen LogP contribution >= 0.6 is 23.1 Å². The van der Waals surface area contributed by atoms with Crippen molar-refractivity contribution >= 4 is 51.7 Å². The molecule has 2 aliphatic heterocycles. The van der Waals surface area contributed by atoms with Crippen LogP contribution in [0.1, 0.15) is 12.1 Å². The fourth-order valence-electron chi connectivity index (χ4n) is 2.83. The van der Waals surface area contributed by atoms with Gasteiger partial charge in [-0.1, -0.05) is 11.2 Å². The molecule has 10 nitrogen and oxygen atoms in total. The van der Waals surface area contributed by atoms with Crippen LogP contribution in [0.3, 0.4) is 0 Å². The normalized spacial score (nSPS) is 22.1. The molecule has 27 heavy (non-hydrogen) atoms. The van der Waals surface area contributed by atoms with E-state index in [1.165, 1.54) is 17.1 Å². The van der Waals surface area contributed by atoms with Gasteiger partial charge in [-0.3, -0.25) is 14.5 Å². The van der Waals surface area contributed by atoms with Gasteiger partial charge in [-0.15, -0.1) is 29.7 Å². The molecule has 1 aromatic rings. The number of oxime groups is 1. The molecule has 2 atom stereocenters. The van der Waals surface area contributed by atoms with E-state index in [0.717, 1.165) is 16.2 Å². The molecule has 3 rings (SSSR count). The van der Waals surface area contributed by atoms with E-state index >= 15 is 0 Å². The van der Waals surface area contributed by atoms with E-state index in [9.17, 15) is 19.5 Å². The maximum Gasteiger partial charge on any atom is 0.352 e. The molecule has 2 amide bonds. The zero-order valence-electron chi connectivity index (χ0n) is 13.8. The average molecular weight is 409 g/mol. The van der Waals surface area contributed by atoms with Crippen LogP contribution < -0.4 is 11.1 Å². The Morgan fingerprint density at radius 3 is 2.85 bits per heavy atom. The van der Waals surface area contributed by atoms with Crippen LogP contribution in [0.5, 0.6) is 0 Å². The second kappa shape index (κ2) is 7.40. The molecule has 1 fully saturated rings. The summed E-state index contributed by atoms with van der Waals surface area (Å²) in [5.74, 6) is -2.16. The lowest BCUT2D eigenvalue weighted by Gasteiger charge is -2.49. The van der Waals surface area contributed by atoms with Gasteiger partial charge >= 0.3 is 5.97 Å². The number of aromatic nitrogens is 1. The van der Waals surface area contributed by atoms with Crippen LogP contribution in [0.15, 0.2) is 34.5 Å². The van der Waals surface area contributed by atoms with Crippen molar-refractivity contribution in [1.29, 1.82) is 0 Å². The average Bonchev–Trinajstić information content (AvgIpc) is 3.05. The van der Waals surface area contributed by atoms with Gasteiger partial charge in [0.2, 0.25) is 0 Å². The number of thiazole rings is 1. The van der Waals surface area contributed by atoms with Crippen LogP contribution in [0, 0.1) is 0 Å². The fourth-order valence-corrected chi connectivity index (χ4v) is 4.74. The topological polar surface area (TPSA) is 158 Å². The number of anilines is 1. The van der Waals surface area contributed by atoms with Crippen molar-refractivity contribution in [2.24, 2.45) is 5.16 Å². The molecule has 0 spiro atoms. The number of carbonyl (C=O) groups is 3. The van der Waals surface area contributed by atoms with Crippen molar-refractivity contribution in [2.45, 2.75) is 17.8 Å². The maximum absolute atomic E-state index is 12.5. The Morgan fingerprint density at radius 2 is 2.30 bits per heavy atom. The molecule has 142 valence electrons. The third-order valence-electron chi connectivity index (χ3n) is 4.01. The lowest BCUT2D eigenvalue weighted by atomic mass is 10.0. The number of allylic oxidation sites excluding steroid dienone is 1. The molecule has 1 unspecified atom stereocenters. The van der Waals surface area contributed by atoms with Gasteiger partial charge in [-0.2, -0.15) is 0 Å². The summed E-state index contributed by atoms with van der Waals surface area (Å²) in [5, 5.41) is 25.1. The Hall–Kier alpha value is -2.86. The number of amides is 2. The number of nitrogen functional groups attached to an aromatic ring is 1. The van der Waals surface area contributed by atoms with E-state index in [4.69, 9.17) is 10.9 Å². The second-order valence-electron chi connectivity index (χ2n) is 5.63. The van der Waals surface area contributed by atoms with E-state index in [2.05, 4.69) is 22.0 Å². The smallest absolute Gasteiger partial charge is 0.352 e. The molecule has 0 saturated carbocycles. The van der Waals surface area contributed by atoms with Crippen LogP contribution in [0.2, 0.25) is 0 Å². The van der Waals surface area contributed by atoms with Gasteiger partial charge in [-0.25, -0.2) is 9.78 Å². The first-order valence-electron chi connectivity index (χ1n) is 7.64. The fraction of sp³-hybridized carbons (Fsp3) is 0.267. The van der Waals surface area contributed by atoms with Crippen molar-refractivity contribution in [3.63, 3.8) is 0 Å². The van der Waals surface area contributed by atoms with Crippen LogP contribution in [-0.2, 0) is 14.4 Å². The highest BCUT2D eigenvalue weighted by Crippen LogP contribution is 2.41. The lowest BCUT2D eigenvalue weighted by molar-refractivity contribution is -0.150. The van der Waals surface area contributed by atoms with Crippen molar-refractivity contribution in [2.75, 3.05) is 11.5 Å². The van der Waals surface area contributed by atoms with Gasteiger partial charge in [0.1, 0.15) is 22.8 Å². The molecule has 1 saturated heterocycles. The molecule has 0 aromatic carbocycles. The van der Waals surface area contributed by atoms with Gasteiger partial charge in [0.25, 0.3) is 11.8 Å². The Morgan fingerprint density at radius 1 is 1.56 bits per heavy atom. The quantitative estimate of drug-likeness (QED) is 0.171. The molecule has 12 heteroatoms. The third kappa shape index (κ3) is 3.28. The SMILES string of the molecule is C=CCC1=C(C(=O)O)N2C(=O)C(NC(=O)/C(=N\O)c3csc(N)n3)[C@@H]2SC1. The monoisotopic (exact) mass is 409 g/mol. The summed E-state index contributed by atoms with van der Waals surface area (Å²) in [6.45, 7) is 3.60. The van der Waals surface area contributed by atoms with E-state index in [1.807, 2.05) is 0 Å². The van der Waals surface area contributed by atoms with Crippen molar-refractivity contribution < 1.29 is 24.7 Å². The standard InChI is InChI=1S/C15H15N5O5S2/c1-2-3-6-4-26-13-9(12(22)20(13)10(6)14(23)24)18-11(21)8(19-25)7-5-27-15(16)17-7/h2,5,9,13,25H,1,3-4H2,(H2,16,17)(H,18,21)(H,23,24)/b19-8-/t9?,13-/m0/s1. The summed E-state index contributed by atoms with van der Waals surface area (Å²) in [6, 6.07) is -0.935. The minimum atomic E-state index is -1.20. The van der Waals surface area contributed by atoms with Gasteiger partial charge in [0.15, 0.2) is 10.8 Å². The number of hydrogen-bond acceptors (Lipinski definition) is 9. The number of hydrogen-bond donors (Lipinski definition) is 4. The Labute approximate surface area is 161 Å². The highest BCUT2D eigenvalue weighted by molar-refractivity contribution is 8.00. The summed E-state index contributed by atoms with van der Waals surface area (Å²) in [6.07, 6.45) is 1.93. The molecule has 5 N–H and O–H groups in total. The molecule has 3 heterocycles. The van der Waals surface area contributed by atoms with Gasteiger partial charge < -0.3 is 21.4 Å². The molecule has 0 aliphatic carbocycles. The summed E-state index contributed by atoms with van der Waals surface area (Å²) in [5.41, 5.74) is 5.73. The highest BCUT2D eigenvalue weighted by Gasteiger charge is 2.54. The zero-order valence-corrected chi connectivity index (χ0v) is 15.4. The molecule has 2 aliphatic rings. The summed E-state index contributed by atoms with van der Waals surface area (Å²) < 4.78 is 0. The van der Waals surface area contributed by atoms with E-state index in [0.29, 0.717) is 17.7 Å². The number of fused-ring (bicyclic) bond motifs is 1. The van der Waals surface area contributed by atoms with Gasteiger partial charge in [0.05, 0.1) is 0 Å². The predicted octanol–water partition coefficient (Wildman–Crippen LogP) is 0.218. The molecule has 0 bridgehead atoms. The number of thioether (sulfide) groups is 1. The van der Waals surface area contributed by atoms with Crippen LogP contribution in [0.25, 0.3) is 0 Å². The van der Waals surface area contributed by atoms with Crippen molar-refractivity contribution in [3.05, 3.63) is 35.0 Å². The number of carboxylic acids is 1. The third-order valence-corrected chi connectivity index (χ3v) is 6.02. The number of nitrogens with zero attached hydrogens (tertiary/aromatic N) is 3. The number of β-lactam (4-membered cyclic amide) rings is 1. The van der Waals surface area contributed by atoms with Crippen LogP contribution in [0.4, 0.5) is 5.13 Å². The molecular weight excluding hydrogens is 394 g/mol. The van der Waals surface area contributed by atoms with E-state index in [1.54, 1.807) is 6.08 Å². The summed E-state index contributed by atoms with van der Waals surface area (Å²) in [7, 11) is 0. The highest BCUT2D eigenvalue weighted by atomic mass is 32.2. The largest absolute Gasteiger partial charge is 0.477 e. The number of nitrogens with two attached hydrogens (primary N) is 1. The van der Waals surface area contributed by atoms with E-state index < -0.39 is 29.2 Å². The zero-order chi connectivity index (χ0) is 19.7.